The second-order valence-electron chi connectivity index (χ2n) is 4.47. The lowest BCUT2D eigenvalue weighted by molar-refractivity contribution is 0.352. The highest BCUT2D eigenvalue weighted by Crippen LogP contribution is 2.37. The molecule has 3 rings (SSSR count). The summed E-state index contributed by atoms with van der Waals surface area (Å²) in [6.45, 7) is 0.712. The molecule has 2 nitrogen and oxygen atoms in total. The standard InChI is InChI=1S/C15H14ClNO/c16-12-8-11-6-7-18-15(11)13(9-12)14(17)10-4-2-1-3-5-10/h1-5,8-9,14H,6-7,17H2. The summed E-state index contributed by atoms with van der Waals surface area (Å²) in [7, 11) is 0. The van der Waals surface area contributed by atoms with E-state index in [1.54, 1.807) is 0 Å². The molecule has 0 aromatic heterocycles. The van der Waals surface area contributed by atoms with Crippen molar-refractivity contribution in [1.82, 2.24) is 0 Å². The number of fused-ring (bicyclic) bond motifs is 1. The minimum Gasteiger partial charge on any atom is -0.493 e. The first-order valence-electron chi connectivity index (χ1n) is 6.01. The van der Waals surface area contributed by atoms with Gasteiger partial charge in [0.15, 0.2) is 0 Å². The maximum Gasteiger partial charge on any atom is 0.127 e. The highest BCUT2D eigenvalue weighted by Gasteiger charge is 2.22. The van der Waals surface area contributed by atoms with Crippen molar-refractivity contribution in [2.45, 2.75) is 12.5 Å². The van der Waals surface area contributed by atoms with Crippen molar-refractivity contribution in [1.29, 1.82) is 0 Å². The molecule has 92 valence electrons. The average molecular weight is 260 g/mol. The Balaban J connectivity index is 2.07. The van der Waals surface area contributed by atoms with E-state index in [0.717, 1.165) is 33.9 Å². The maximum absolute atomic E-state index is 6.32. The molecule has 3 heteroatoms. The van der Waals surface area contributed by atoms with Crippen LogP contribution in [0.5, 0.6) is 5.75 Å². The summed E-state index contributed by atoms with van der Waals surface area (Å²) in [5, 5.41) is 0.723. The fourth-order valence-corrected chi connectivity index (χ4v) is 2.62. The van der Waals surface area contributed by atoms with E-state index in [4.69, 9.17) is 22.1 Å². The first kappa shape index (κ1) is 11.6. The van der Waals surface area contributed by atoms with E-state index in [1.165, 1.54) is 0 Å². The van der Waals surface area contributed by atoms with Crippen LogP contribution in [0.2, 0.25) is 5.02 Å². The lowest BCUT2D eigenvalue weighted by Gasteiger charge is -2.16. The van der Waals surface area contributed by atoms with Crippen molar-refractivity contribution in [2.75, 3.05) is 6.61 Å². The summed E-state index contributed by atoms with van der Waals surface area (Å²) in [4.78, 5) is 0. The van der Waals surface area contributed by atoms with Crippen LogP contribution in [0.25, 0.3) is 0 Å². The quantitative estimate of drug-likeness (QED) is 0.898. The zero-order chi connectivity index (χ0) is 12.5. The lowest BCUT2D eigenvalue weighted by atomic mass is 9.96. The molecule has 0 aliphatic carbocycles. The van der Waals surface area contributed by atoms with Gasteiger partial charge in [0, 0.05) is 17.0 Å². The molecular weight excluding hydrogens is 246 g/mol. The van der Waals surface area contributed by atoms with Crippen LogP contribution in [-0.2, 0) is 6.42 Å². The molecule has 1 atom stereocenters. The van der Waals surface area contributed by atoms with Gasteiger partial charge in [-0.25, -0.2) is 0 Å². The molecule has 1 unspecified atom stereocenters. The molecular formula is C15H14ClNO. The Labute approximate surface area is 111 Å². The summed E-state index contributed by atoms with van der Waals surface area (Å²) in [6, 6.07) is 13.7. The van der Waals surface area contributed by atoms with Gasteiger partial charge in [-0.3, -0.25) is 0 Å². The Kier molecular flexibility index (Phi) is 2.98. The molecule has 18 heavy (non-hydrogen) atoms. The summed E-state index contributed by atoms with van der Waals surface area (Å²) in [5.41, 5.74) is 9.52. The second-order valence-corrected chi connectivity index (χ2v) is 4.91. The van der Waals surface area contributed by atoms with E-state index in [-0.39, 0.29) is 6.04 Å². The molecule has 1 aliphatic rings. The van der Waals surface area contributed by atoms with Crippen molar-refractivity contribution in [3.63, 3.8) is 0 Å². The smallest absolute Gasteiger partial charge is 0.127 e. The van der Waals surface area contributed by atoms with Gasteiger partial charge >= 0.3 is 0 Å². The monoisotopic (exact) mass is 259 g/mol. The largest absolute Gasteiger partial charge is 0.493 e. The van der Waals surface area contributed by atoms with Gasteiger partial charge in [-0.15, -0.1) is 0 Å². The normalized spacial score (nSPS) is 15.0. The Morgan fingerprint density at radius 3 is 2.72 bits per heavy atom. The van der Waals surface area contributed by atoms with E-state index >= 15 is 0 Å². The highest BCUT2D eigenvalue weighted by molar-refractivity contribution is 6.30. The zero-order valence-electron chi connectivity index (χ0n) is 9.90. The summed E-state index contributed by atoms with van der Waals surface area (Å²) >= 11 is 6.15. The summed E-state index contributed by atoms with van der Waals surface area (Å²) < 4.78 is 5.69. The van der Waals surface area contributed by atoms with E-state index in [1.807, 2.05) is 42.5 Å². The van der Waals surface area contributed by atoms with Crippen LogP contribution in [0.15, 0.2) is 42.5 Å². The Morgan fingerprint density at radius 1 is 1.17 bits per heavy atom. The Hall–Kier alpha value is -1.51. The van der Waals surface area contributed by atoms with Crippen molar-refractivity contribution in [2.24, 2.45) is 5.73 Å². The molecule has 0 amide bonds. The van der Waals surface area contributed by atoms with Crippen LogP contribution < -0.4 is 10.5 Å². The molecule has 0 bridgehead atoms. The fourth-order valence-electron chi connectivity index (χ4n) is 2.37. The number of rotatable bonds is 2. The highest BCUT2D eigenvalue weighted by atomic mass is 35.5. The van der Waals surface area contributed by atoms with Crippen molar-refractivity contribution < 1.29 is 4.74 Å². The fraction of sp³-hybridized carbons (Fsp3) is 0.200. The number of ether oxygens (including phenoxy) is 1. The minimum atomic E-state index is -0.197. The van der Waals surface area contributed by atoms with Crippen LogP contribution in [0, 0.1) is 0 Å². The molecule has 1 heterocycles. The van der Waals surface area contributed by atoms with Crippen molar-refractivity contribution in [3.8, 4) is 5.75 Å². The van der Waals surface area contributed by atoms with Crippen LogP contribution in [0.1, 0.15) is 22.7 Å². The van der Waals surface area contributed by atoms with Crippen LogP contribution in [-0.4, -0.2) is 6.61 Å². The minimum absolute atomic E-state index is 0.197. The van der Waals surface area contributed by atoms with Crippen molar-refractivity contribution >= 4 is 11.6 Å². The van der Waals surface area contributed by atoms with Crippen LogP contribution >= 0.6 is 11.6 Å². The molecule has 0 saturated carbocycles. The van der Waals surface area contributed by atoms with Gasteiger partial charge in [-0.05, 0) is 23.3 Å². The van der Waals surface area contributed by atoms with E-state index in [2.05, 4.69) is 0 Å². The Morgan fingerprint density at radius 2 is 1.94 bits per heavy atom. The van der Waals surface area contributed by atoms with E-state index < -0.39 is 0 Å². The molecule has 0 radical (unpaired) electrons. The molecule has 1 aliphatic heterocycles. The third-order valence-corrected chi connectivity index (χ3v) is 3.49. The SMILES string of the molecule is NC(c1ccccc1)c1cc(Cl)cc2c1OCC2. The summed E-state index contributed by atoms with van der Waals surface area (Å²) in [5.74, 6) is 0.913. The van der Waals surface area contributed by atoms with Crippen molar-refractivity contribution in [3.05, 3.63) is 64.2 Å². The van der Waals surface area contributed by atoms with E-state index in [9.17, 15) is 0 Å². The second kappa shape index (κ2) is 4.63. The van der Waals surface area contributed by atoms with Crippen LogP contribution in [0.4, 0.5) is 0 Å². The number of benzene rings is 2. The predicted molar refractivity (Wildman–Crippen MR) is 73.1 cm³/mol. The van der Waals surface area contributed by atoms with Gasteiger partial charge in [0.25, 0.3) is 0 Å². The topological polar surface area (TPSA) is 35.2 Å². The molecule has 0 fully saturated rings. The van der Waals surface area contributed by atoms with Gasteiger partial charge in [0.2, 0.25) is 0 Å². The number of hydrogen-bond donors (Lipinski definition) is 1. The zero-order valence-corrected chi connectivity index (χ0v) is 10.7. The van der Waals surface area contributed by atoms with Crippen LogP contribution in [0.3, 0.4) is 0 Å². The van der Waals surface area contributed by atoms with Gasteiger partial charge < -0.3 is 10.5 Å². The summed E-state index contributed by atoms with van der Waals surface area (Å²) in [6.07, 6.45) is 0.907. The molecule has 0 saturated heterocycles. The first-order chi connectivity index (χ1) is 8.75. The molecule has 0 spiro atoms. The molecule has 2 N–H and O–H groups in total. The molecule has 2 aromatic rings. The van der Waals surface area contributed by atoms with Gasteiger partial charge in [-0.1, -0.05) is 41.9 Å². The van der Waals surface area contributed by atoms with Gasteiger partial charge in [-0.2, -0.15) is 0 Å². The average Bonchev–Trinajstić information content (AvgIpc) is 2.86. The lowest BCUT2D eigenvalue weighted by Crippen LogP contribution is -2.12. The third-order valence-electron chi connectivity index (χ3n) is 3.27. The van der Waals surface area contributed by atoms with Gasteiger partial charge in [0.05, 0.1) is 12.6 Å². The number of halogens is 1. The Bertz CT molecular complexity index is 568. The third kappa shape index (κ3) is 1.98. The number of hydrogen-bond acceptors (Lipinski definition) is 2. The van der Waals surface area contributed by atoms with Gasteiger partial charge in [0.1, 0.15) is 5.75 Å². The van der Waals surface area contributed by atoms with E-state index in [0.29, 0.717) is 6.61 Å². The molecule has 2 aromatic carbocycles. The predicted octanol–water partition coefficient (Wildman–Crippen LogP) is 3.32. The maximum atomic E-state index is 6.32. The first-order valence-corrected chi connectivity index (χ1v) is 6.39. The number of nitrogens with two attached hydrogens (primary N) is 1.